The van der Waals surface area contributed by atoms with E-state index in [1.165, 1.54) is 106 Å². The molecule has 3 aromatic rings. The molecule has 10 heteroatoms. The van der Waals surface area contributed by atoms with Crippen molar-refractivity contribution in [3.05, 3.63) is 53.1 Å². The third-order valence-corrected chi connectivity index (χ3v) is 17.1. The third kappa shape index (κ3) is 7.74. The molecule has 5 fully saturated rings. The summed E-state index contributed by atoms with van der Waals surface area (Å²) in [7, 11) is -2.09. The molecule has 1 N–H and O–H groups in total. The Morgan fingerprint density at radius 2 is 1.59 bits per heavy atom. The number of methoxy groups -OCH3 is 1. The van der Waals surface area contributed by atoms with Crippen LogP contribution in [0.25, 0.3) is 22.2 Å². The summed E-state index contributed by atoms with van der Waals surface area (Å²) in [5.74, 6) is 3.03. The topological polar surface area (TPSA) is 101 Å². The van der Waals surface area contributed by atoms with Crippen molar-refractivity contribution in [2.75, 3.05) is 39.8 Å². The monoisotopic (exact) mass is 810 g/mol. The summed E-state index contributed by atoms with van der Waals surface area (Å²) in [6.45, 7) is 8.80. The Morgan fingerprint density at radius 3 is 2.28 bits per heavy atom. The highest BCUT2D eigenvalue weighted by molar-refractivity contribution is 7.90. The smallest absolute Gasteiger partial charge is 0.264 e. The van der Waals surface area contributed by atoms with Gasteiger partial charge >= 0.3 is 0 Å². The number of ether oxygens (including phenoxy) is 1. The molecule has 3 aliphatic carbocycles. The number of hydrogen-bond acceptors (Lipinski definition) is 6. The Labute approximate surface area is 346 Å². The summed E-state index contributed by atoms with van der Waals surface area (Å²) >= 11 is 0. The van der Waals surface area contributed by atoms with Gasteiger partial charge in [0.2, 0.25) is 15.9 Å². The van der Waals surface area contributed by atoms with Gasteiger partial charge in [0.1, 0.15) is 5.75 Å². The first-order chi connectivity index (χ1) is 28.0. The van der Waals surface area contributed by atoms with Gasteiger partial charge in [-0.2, -0.15) is 0 Å². The molecule has 2 aromatic carbocycles. The number of hydrogen-bond donors (Lipinski definition) is 1. The van der Waals surface area contributed by atoms with Crippen molar-refractivity contribution >= 4 is 32.7 Å². The summed E-state index contributed by atoms with van der Waals surface area (Å²) in [4.78, 5) is 34.1. The van der Waals surface area contributed by atoms with Crippen LogP contribution in [-0.2, 0) is 27.8 Å². The summed E-state index contributed by atoms with van der Waals surface area (Å²) < 4.78 is 36.2. The fourth-order valence-corrected chi connectivity index (χ4v) is 12.7. The molecular weight excluding hydrogens is 745 g/mol. The molecular formula is C48H66N4O5S. The van der Waals surface area contributed by atoms with Gasteiger partial charge in [-0.25, -0.2) is 13.1 Å². The van der Waals surface area contributed by atoms with Gasteiger partial charge in [0.15, 0.2) is 0 Å². The lowest BCUT2D eigenvalue weighted by atomic mass is 9.80. The minimum atomic E-state index is -3.82. The molecule has 2 saturated heterocycles. The van der Waals surface area contributed by atoms with Crippen LogP contribution in [0.15, 0.2) is 36.4 Å². The number of nitrogens with zero attached hydrogens (tertiary/aromatic N) is 3. The highest BCUT2D eigenvalue weighted by Crippen LogP contribution is 2.60. The molecule has 6 aliphatic rings. The molecule has 9 nitrogen and oxygen atoms in total. The number of benzene rings is 2. The van der Waals surface area contributed by atoms with Gasteiger partial charge in [-0.1, -0.05) is 57.4 Å². The second-order valence-corrected chi connectivity index (χ2v) is 21.9. The number of amides is 2. The SMILES string of the molecule is COc1ccc2c(c1)C[C@@H]1C[C@]1(C(=O)N1C[C@@H]3CC[C@@H](CN(CCCC4CCCCC4)C3)C1)Cn1c-2c(C2CCCCC2)c2ccc(C(=O)NS(=O)(=O)C(C)C)cc21. The van der Waals surface area contributed by atoms with Crippen LogP contribution >= 0.6 is 0 Å². The van der Waals surface area contributed by atoms with Crippen molar-refractivity contribution in [1.29, 1.82) is 0 Å². The number of aromatic nitrogens is 1. The zero-order valence-electron chi connectivity index (χ0n) is 35.3. The van der Waals surface area contributed by atoms with E-state index in [4.69, 9.17) is 4.74 Å². The van der Waals surface area contributed by atoms with Gasteiger partial charge in [0.25, 0.3) is 5.91 Å². The van der Waals surface area contributed by atoms with Crippen molar-refractivity contribution < 1.29 is 22.7 Å². The first kappa shape index (κ1) is 40.1. The quantitative estimate of drug-likeness (QED) is 0.220. The van der Waals surface area contributed by atoms with E-state index in [1.54, 1.807) is 27.0 Å². The summed E-state index contributed by atoms with van der Waals surface area (Å²) in [6.07, 6.45) is 19.6. The number of carbonyl (C=O) groups is 2. The van der Waals surface area contributed by atoms with Crippen molar-refractivity contribution in [2.45, 2.75) is 134 Å². The van der Waals surface area contributed by atoms with Gasteiger partial charge in [0.05, 0.1) is 23.5 Å². The molecule has 3 saturated carbocycles. The van der Waals surface area contributed by atoms with E-state index in [2.05, 4.69) is 37.3 Å². The first-order valence-electron chi connectivity index (χ1n) is 22.9. The van der Waals surface area contributed by atoms with Crippen LogP contribution in [0.2, 0.25) is 0 Å². The van der Waals surface area contributed by atoms with Crippen LogP contribution in [0.1, 0.15) is 138 Å². The summed E-state index contributed by atoms with van der Waals surface area (Å²) in [6, 6.07) is 12.2. The maximum absolute atomic E-state index is 15.4. The Hall–Kier alpha value is -3.37. The fraction of sp³-hybridized carbons (Fsp3) is 0.667. The third-order valence-electron chi connectivity index (χ3n) is 15.4. The molecule has 4 heterocycles. The van der Waals surface area contributed by atoms with E-state index in [-0.39, 0.29) is 5.92 Å². The zero-order valence-corrected chi connectivity index (χ0v) is 36.1. The van der Waals surface area contributed by atoms with E-state index >= 15 is 4.79 Å². The maximum Gasteiger partial charge on any atom is 0.264 e. The van der Waals surface area contributed by atoms with Crippen LogP contribution in [-0.4, -0.2) is 79.7 Å². The normalized spacial score (nSPS) is 26.9. The molecule has 0 radical (unpaired) electrons. The van der Waals surface area contributed by atoms with Gasteiger partial charge < -0.3 is 19.1 Å². The van der Waals surface area contributed by atoms with E-state index in [1.807, 2.05) is 12.1 Å². The first-order valence-corrected chi connectivity index (χ1v) is 24.5. The predicted octanol–water partition coefficient (Wildman–Crippen LogP) is 8.93. The molecule has 314 valence electrons. The number of carbonyl (C=O) groups excluding carboxylic acids is 2. The number of rotatable bonds is 10. The average Bonchev–Trinajstić information content (AvgIpc) is 3.91. The standard InChI is InChI=1S/C48H66N4O5S/c1-32(2)58(55,56)49-46(53)37-18-20-42-43(25-37)52-31-48(26-39(48)23-38-24-40(57-3)19-21-41(38)45(52)44(42)36-14-8-5-9-15-36)47(54)51-29-34-16-17-35(30-51)28-50(27-34)22-10-13-33-11-6-4-7-12-33/h18-21,24-25,32-36,39H,4-17,22-23,26-31H2,1-3H3,(H,49,53)/t34-,35+,39-,48+/m1/s1. The van der Waals surface area contributed by atoms with Gasteiger partial charge in [-0.15, -0.1) is 0 Å². The molecule has 0 unspecified atom stereocenters. The fourth-order valence-electron chi connectivity index (χ4n) is 12.1. The van der Waals surface area contributed by atoms with Crippen molar-refractivity contribution in [3.63, 3.8) is 0 Å². The summed E-state index contributed by atoms with van der Waals surface area (Å²) in [5.41, 5.74) is 5.59. The largest absolute Gasteiger partial charge is 0.497 e. The van der Waals surface area contributed by atoms with Crippen LogP contribution in [0.5, 0.6) is 5.75 Å². The van der Waals surface area contributed by atoms with Gasteiger partial charge in [-0.3, -0.25) is 9.59 Å². The minimum Gasteiger partial charge on any atom is -0.497 e. The molecule has 58 heavy (non-hydrogen) atoms. The maximum atomic E-state index is 15.4. The average molecular weight is 811 g/mol. The zero-order chi connectivity index (χ0) is 40.2. The van der Waals surface area contributed by atoms with E-state index in [9.17, 15) is 13.2 Å². The van der Waals surface area contributed by atoms with E-state index in [0.717, 1.165) is 74.4 Å². The van der Waals surface area contributed by atoms with E-state index < -0.39 is 26.6 Å². The number of fused-ring (bicyclic) bond motifs is 9. The second-order valence-electron chi connectivity index (χ2n) is 19.7. The lowest BCUT2D eigenvalue weighted by molar-refractivity contribution is -0.139. The van der Waals surface area contributed by atoms with Crippen molar-refractivity contribution in [1.82, 2.24) is 19.1 Å². The Morgan fingerprint density at radius 1 is 0.879 bits per heavy atom. The lowest BCUT2D eigenvalue weighted by Crippen LogP contribution is -2.48. The van der Waals surface area contributed by atoms with Crippen LogP contribution in [0, 0.1) is 29.1 Å². The predicted molar refractivity (Wildman–Crippen MR) is 231 cm³/mol. The molecule has 2 bridgehead atoms. The number of sulfonamides is 1. The van der Waals surface area contributed by atoms with Crippen LogP contribution < -0.4 is 9.46 Å². The van der Waals surface area contributed by atoms with E-state index in [0.29, 0.717) is 35.8 Å². The molecule has 4 atom stereocenters. The Bertz CT molecular complexity index is 2120. The van der Waals surface area contributed by atoms with Gasteiger partial charge in [-0.05, 0) is 143 Å². The molecule has 9 rings (SSSR count). The Balaban J connectivity index is 1.07. The minimum absolute atomic E-state index is 0.205. The molecule has 1 aromatic heterocycles. The lowest BCUT2D eigenvalue weighted by Gasteiger charge is -2.37. The van der Waals surface area contributed by atoms with Crippen LogP contribution in [0.4, 0.5) is 0 Å². The highest BCUT2D eigenvalue weighted by Gasteiger charge is 2.62. The second kappa shape index (κ2) is 16.2. The van der Waals surface area contributed by atoms with Gasteiger partial charge in [0, 0.05) is 54.8 Å². The molecule has 3 aliphatic heterocycles. The van der Waals surface area contributed by atoms with Crippen molar-refractivity contribution in [2.24, 2.45) is 29.1 Å². The van der Waals surface area contributed by atoms with Crippen molar-refractivity contribution in [3.8, 4) is 17.0 Å². The summed E-state index contributed by atoms with van der Waals surface area (Å²) in [5, 5.41) is 0.381. The van der Waals surface area contributed by atoms with Crippen LogP contribution in [0.3, 0.4) is 0 Å². The Kier molecular flexibility index (Phi) is 11.2. The molecule has 2 amide bonds. The molecule has 0 spiro atoms. The number of likely N-dealkylation sites (tertiary alicyclic amines) is 2. The highest BCUT2D eigenvalue weighted by atomic mass is 32.2. The number of nitrogens with one attached hydrogen (secondary N) is 1.